The zero-order valence-electron chi connectivity index (χ0n) is 12.7. The highest BCUT2D eigenvalue weighted by atomic mass is 16.3. The molecule has 20 heavy (non-hydrogen) atoms. The second kappa shape index (κ2) is 6.75. The predicted octanol–water partition coefficient (Wildman–Crippen LogP) is 3.62. The normalized spacial score (nSPS) is 35.4. The van der Waals surface area contributed by atoms with E-state index in [1.54, 1.807) is 0 Å². The highest BCUT2D eigenvalue weighted by Gasteiger charge is 2.49. The molecule has 0 aromatic carbocycles. The first-order valence-electron chi connectivity index (χ1n) is 8.11. The molecule has 0 amide bonds. The van der Waals surface area contributed by atoms with Gasteiger partial charge in [0.25, 0.3) is 0 Å². The van der Waals surface area contributed by atoms with Gasteiger partial charge in [-0.2, -0.15) is 0 Å². The van der Waals surface area contributed by atoms with Crippen molar-refractivity contribution in [2.45, 2.75) is 64.9 Å². The molecule has 1 unspecified atom stereocenters. The zero-order valence-corrected chi connectivity index (χ0v) is 12.7. The van der Waals surface area contributed by atoms with Crippen LogP contribution in [0.15, 0.2) is 11.8 Å². The molecule has 0 saturated heterocycles. The van der Waals surface area contributed by atoms with Gasteiger partial charge >= 0.3 is 0 Å². The zero-order chi connectivity index (χ0) is 14.7. The fourth-order valence-corrected chi connectivity index (χ4v) is 3.92. The number of unbranched alkanes of at least 4 members (excludes halogenated alkanes) is 1. The fraction of sp³-hybridized carbons (Fsp3) is 0.824. The number of rotatable bonds is 6. The van der Waals surface area contributed by atoms with Crippen molar-refractivity contribution in [3.63, 3.8) is 0 Å². The molecule has 0 heterocycles. The minimum Gasteiger partial charge on any atom is -0.512 e. The molecule has 0 radical (unpaired) electrons. The van der Waals surface area contributed by atoms with Crippen LogP contribution < -0.4 is 0 Å². The summed E-state index contributed by atoms with van der Waals surface area (Å²) >= 11 is 0. The van der Waals surface area contributed by atoms with Crippen molar-refractivity contribution in [2.75, 3.05) is 0 Å². The Balaban J connectivity index is 1.93. The summed E-state index contributed by atoms with van der Waals surface area (Å²) in [5.74, 6) is 1.43. The van der Waals surface area contributed by atoms with E-state index in [1.165, 1.54) is 19.3 Å². The van der Waals surface area contributed by atoms with E-state index in [2.05, 4.69) is 13.8 Å². The van der Waals surface area contributed by atoms with Crippen LogP contribution >= 0.6 is 0 Å². The van der Waals surface area contributed by atoms with E-state index in [9.17, 15) is 15.0 Å². The molecule has 2 N–H and O–H groups in total. The van der Waals surface area contributed by atoms with E-state index < -0.39 is 6.10 Å². The molecule has 0 aromatic rings. The Morgan fingerprint density at radius 3 is 2.90 bits per heavy atom. The van der Waals surface area contributed by atoms with Crippen molar-refractivity contribution < 1.29 is 15.0 Å². The fourth-order valence-electron chi connectivity index (χ4n) is 3.92. The molecule has 3 heteroatoms. The molecule has 0 bridgehead atoms. The molecular weight excluding hydrogens is 252 g/mol. The van der Waals surface area contributed by atoms with Crippen molar-refractivity contribution in [2.24, 2.45) is 23.7 Å². The van der Waals surface area contributed by atoms with Crippen LogP contribution in [0, 0.1) is 23.7 Å². The third-order valence-corrected chi connectivity index (χ3v) is 5.10. The SMILES string of the molecule is CCCCC(C)C/C=C(/O)[C@@H]1[C@H]2CC(=O)C[C@H]2C[C@H]1O. The highest BCUT2D eigenvalue weighted by Crippen LogP contribution is 2.48. The van der Waals surface area contributed by atoms with Crippen LogP contribution in [0.5, 0.6) is 0 Å². The minimum atomic E-state index is -0.472. The summed E-state index contributed by atoms with van der Waals surface area (Å²) in [5, 5.41) is 20.5. The van der Waals surface area contributed by atoms with E-state index in [-0.39, 0.29) is 17.8 Å². The molecule has 2 fully saturated rings. The summed E-state index contributed by atoms with van der Waals surface area (Å²) in [5.41, 5.74) is 0. The van der Waals surface area contributed by atoms with Gasteiger partial charge in [-0.05, 0) is 36.7 Å². The van der Waals surface area contributed by atoms with Crippen LogP contribution in [-0.2, 0) is 4.79 Å². The van der Waals surface area contributed by atoms with Crippen molar-refractivity contribution in [1.82, 2.24) is 0 Å². The number of ketones is 1. The molecule has 3 nitrogen and oxygen atoms in total. The number of carbonyl (C=O) groups excluding carboxylic acids is 1. The Bertz CT molecular complexity index is 374. The van der Waals surface area contributed by atoms with Gasteiger partial charge in [-0.25, -0.2) is 0 Å². The average Bonchev–Trinajstić information content (AvgIpc) is 2.87. The lowest BCUT2D eigenvalue weighted by Gasteiger charge is -2.20. The largest absolute Gasteiger partial charge is 0.512 e. The van der Waals surface area contributed by atoms with Gasteiger partial charge in [0.2, 0.25) is 0 Å². The number of aliphatic hydroxyl groups excluding tert-OH is 2. The Morgan fingerprint density at radius 2 is 2.20 bits per heavy atom. The molecule has 2 saturated carbocycles. The molecule has 0 aromatic heterocycles. The summed E-state index contributed by atoms with van der Waals surface area (Å²) < 4.78 is 0. The van der Waals surface area contributed by atoms with Crippen molar-refractivity contribution in [3.8, 4) is 0 Å². The Morgan fingerprint density at radius 1 is 1.45 bits per heavy atom. The van der Waals surface area contributed by atoms with Gasteiger partial charge in [0.05, 0.1) is 11.9 Å². The average molecular weight is 280 g/mol. The topological polar surface area (TPSA) is 57.5 Å². The second-order valence-corrected chi connectivity index (χ2v) is 6.81. The lowest BCUT2D eigenvalue weighted by atomic mass is 9.88. The first kappa shape index (κ1) is 15.6. The predicted molar refractivity (Wildman–Crippen MR) is 79.4 cm³/mol. The van der Waals surface area contributed by atoms with Crippen LogP contribution in [0.25, 0.3) is 0 Å². The van der Waals surface area contributed by atoms with Gasteiger partial charge in [0, 0.05) is 18.8 Å². The van der Waals surface area contributed by atoms with Gasteiger partial charge in [0.1, 0.15) is 5.78 Å². The Labute approximate surface area is 122 Å². The maximum atomic E-state index is 11.5. The van der Waals surface area contributed by atoms with Crippen LogP contribution in [0.2, 0.25) is 0 Å². The van der Waals surface area contributed by atoms with Crippen LogP contribution in [0.4, 0.5) is 0 Å². The standard InChI is InChI=1S/C17H28O3/c1-3-4-5-11(2)6-7-15(19)17-14-10-13(18)8-12(14)9-16(17)20/h7,11-12,14,16-17,19-20H,3-6,8-10H2,1-2H3/b15-7+/t11?,12-,14-,16+,17-/m0/s1. The number of aliphatic hydroxyl groups is 2. The van der Waals surface area contributed by atoms with Gasteiger partial charge in [-0.15, -0.1) is 0 Å². The maximum absolute atomic E-state index is 11.5. The summed E-state index contributed by atoms with van der Waals surface area (Å²) in [6.45, 7) is 4.39. The molecule has 2 rings (SSSR count). The Kier molecular flexibility index (Phi) is 5.25. The van der Waals surface area contributed by atoms with Gasteiger partial charge in [-0.3, -0.25) is 4.79 Å². The molecule has 0 spiro atoms. The highest BCUT2D eigenvalue weighted by molar-refractivity contribution is 5.81. The number of hydrogen-bond acceptors (Lipinski definition) is 3. The molecule has 0 aliphatic heterocycles. The first-order chi connectivity index (χ1) is 9.52. The van der Waals surface area contributed by atoms with Crippen molar-refractivity contribution >= 4 is 5.78 Å². The van der Waals surface area contributed by atoms with Crippen molar-refractivity contribution in [1.29, 1.82) is 0 Å². The monoisotopic (exact) mass is 280 g/mol. The number of carbonyl (C=O) groups is 1. The summed E-state index contributed by atoms with van der Waals surface area (Å²) in [6, 6.07) is 0. The van der Waals surface area contributed by atoms with E-state index in [0.717, 1.165) is 6.42 Å². The van der Waals surface area contributed by atoms with Gasteiger partial charge in [0.15, 0.2) is 0 Å². The third-order valence-electron chi connectivity index (χ3n) is 5.10. The van der Waals surface area contributed by atoms with E-state index >= 15 is 0 Å². The molecular formula is C17H28O3. The van der Waals surface area contributed by atoms with E-state index in [4.69, 9.17) is 0 Å². The lowest BCUT2D eigenvalue weighted by molar-refractivity contribution is -0.118. The number of Topliss-reactive ketones (excluding diaryl/α,β-unsaturated/α-hetero) is 1. The first-order valence-corrected chi connectivity index (χ1v) is 8.11. The van der Waals surface area contributed by atoms with E-state index in [0.29, 0.717) is 36.7 Å². The smallest absolute Gasteiger partial charge is 0.133 e. The molecule has 2 aliphatic rings. The quantitative estimate of drug-likeness (QED) is 0.731. The second-order valence-electron chi connectivity index (χ2n) is 6.81. The van der Waals surface area contributed by atoms with E-state index in [1.807, 2.05) is 6.08 Å². The third kappa shape index (κ3) is 3.43. The van der Waals surface area contributed by atoms with Crippen molar-refractivity contribution in [3.05, 3.63) is 11.8 Å². The van der Waals surface area contributed by atoms with Gasteiger partial charge in [-0.1, -0.05) is 33.1 Å². The van der Waals surface area contributed by atoms with Crippen LogP contribution in [-0.4, -0.2) is 22.1 Å². The minimum absolute atomic E-state index is 0.166. The van der Waals surface area contributed by atoms with Gasteiger partial charge < -0.3 is 10.2 Å². The number of allylic oxidation sites excluding steroid dienone is 1. The number of hydrogen-bond donors (Lipinski definition) is 2. The number of fused-ring (bicyclic) bond motifs is 1. The summed E-state index contributed by atoms with van der Waals surface area (Å²) in [7, 11) is 0. The lowest BCUT2D eigenvalue weighted by Crippen LogP contribution is -2.22. The maximum Gasteiger partial charge on any atom is 0.133 e. The Hall–Kier alpha value is -0.830. The summed E-state index contributed by atoms with van der Waals surface area (Å²) in [6.07, 6.45) is 7.69. The molecule has 2 aliphatic carbocycles. The molecule has 5 atom stereocenters. The molecule has 114 valence electrons. The van der Waals surface area contributed by atoms with Crippen LogP contribution in [0.3, 0.4) is 0 Å². The van der Waals surface area contributed by atoms with Crippen LogP contribution in [0.1, 0.15) is 58.8 Å². The summed E-state index contributed by atoms with van der Waals surface area (Å²) in [4.78, 5) is 11.5.